The zero-order valence-electron chi connectivity index (χ0n) is 16.3. The molecule has 0 saturated heterocycles. The van der Waals surface area contributed by atoms with E-state index >= 15 is 0 Å². The first kappa shape index (κ1) is 19.8. The van der Waals surface area contributed by atoms with Gasteiger partial charge in [-0.1, -0.05) is 54.1 Å². The Bertz CT molecular complexity index is 1190. The van der Waals surface area contributed by atoms with Gasteiger partial charge in [0.1, 0.15) is 11.5 Å². The number of aromatic hydroxyl groups is 1. The molecule has 0 bridgehead atoms. The average molecular weight is 418 g/mol. The van der Waals surface area contributed by atoms with Crippen LogP contribution in [0.1, 0.15) is 27.5 Å². The second kappa shape index (κ2) is 8.47. The summed E-state index contributed by atoms with van der Waals surface area (Å²) >= 11 is 6.07. The molecule has 0 spiro atoms. The Labute approximate surface area is 179 Å². The first-order chi connectivity index (χ1) is 14.6. The lowest BCUT2D eigenvalue weighted by Crippen LogP contribution is -2.29. The lowest BCUT2D eigenvalue weighted by molar-refractivity contribution is 0.0943. The second-order valence-corrected chi connectivity index (χ2v) is 7.34. The molecule has 30 heavy (non-hydrogen) atoms. The van der Waals surface area contributed by atoms with E-state index < -0.39 is 6.04 Å². The molecule has 0 aromatic heterocycles. The summed E-state index contributed by atoms with van der Waals surface area (Å²) < 4.78 is 5.17. The van der Waals surface area contributed by atoms with Crippen LogP contribution in [0, 0.1) is 0 Å². The molecule has 5 heteroatoms. The first-order valence-corrected chi connectivity index (χ1v) is 9.85. The van der Waals surface area contributed by atoms with Crippen molar-refractivity contribution in [3.63, 3.8) is 0 Å². The van der Waals surface area contributed by atoms with Crippen molar-refractivity contribution >= 4 is 28.3 Å². The van der Waals surface area contributed by atoms with E-state index in [9.17, 15) is 9.90 Å². The molecule has 0 aliphatic carbocycles. The molecule has 0 heterocycles. The Hall–Kier alpha value is -3.50. The Kier molecular flexibility index (Phi) is 5.59. The number of hydrogen-bond donors (Lipinski definition) is 2. The second-order valence-electron chi connectivity index (χ2n) is 6.91. The first-order valence-electron chi connectivity index (χ1n) is 9.48. The predicted molar refractivity (Wildman–Crippen MR) is 119 cm³/mol. The van der Waals surface area contributed by atoms with Gasteiger partial charge in [0.05, 0.1) is 13.2 Å². The third-order valence-corrected chi connectivity index (χ3v) is 5.32. The van der Waals surface area contributed by atoms with Crippen molar-refractivity contribution in [1.29, 1.82) is 0 Å². The number of phenolic OH excluding ortho intramolecular Hbond substituents is 1. The van der Waals surface area contributed by atoms with E-state index in [0.717, 1.165) is 16.3 Å². The van der Waals surface area contributed by atoms with Crippen LogP contribution in [0.15, 0.2) is 84.9 Å². The van der Waals surface area contributed by atoms with Gasteiger partial charge in [0.15, 0.2) is 0 Å². The third kappa shape index (κ3) is 3.95. The number of methoxy groups -OCH3 is 1. The number of benzene rings is 4. The molecule has 4 aromatic carbocycles. The van der Waals surface area contributed by atoms with Crippen LogP contribution in [0.2, 0.25) is 5.02 Å². The molecule has 1 amide bonds. The van der Waals surface area contributed by atoms with Gasteiger partial charge in [-0.15, -0.1) is 0 Å². The number of fused-ring (bicyclic) bond motifs is 1. The summed E-state index contributed by atoms with van der Waals surface area (Å²) in [5, 5.41) is 16.3. The van der Waals surface area contributed by atoms with Crippen LogP contribution in [0.5, 0.6) is 11.5 Å². The molecule has 2 N–H and O–H groups in total. The van der Waals surface area contributed by atoms with Gasteiger partial charge in [-0.05, 0) is 58.8 Å². The zero-order valence-corrected chi connectivity index (χ0v) is 17.1. The van der Waals surface area contributed by atoms with Gasteiger partial charge in [-0.3, -0.25) is 4.79 Å². The number of rotatable bonds is 5. The number of amides is 1. The maximum atomic E-state index is 13.1. The van der Waals surface area contributed by atoms with Crippen LogP contribution in [0.4, 0.5) is 0 Å². The number of ether oxygens (including phenoxy) is 1. The molecule has 4 aromatic rings. The highest BCUT2D eigenvalue weighted by Crippen LogP contribution is 2.36. The van der Waals surface area contributed by atoms with Crippen LogP contribution < -0.4 is 10.1 Å². The maximum Gasteiger partial charge on any atom is 0.252 e. The van der Waals surface area contributed by atoms with Gasteiger partial charge < -0.3 is 15.2 Å². The van der Waals surface area contributed by atoms with Crippen molar-refractivity contribution < 1.29 is 14.6 Å². The quantitative estimate of drug-likeness (QED) is 0.436. The summed E-state index contributed by atoms with van der Waals surface area (Å²) in [7, 11) is 1.58. The minimum Gasteiger partial charge on any atom is -0.508 e. The standard InChI is InChI=1S/C25H20ClNO3/c1-30-20-13-8-18(9-14-20)25(29)27-24(17-6-11-19(26)12-7-17)23-21-5-3-2-4-16(21)10-15-22(23)28/h2-15,24,28H,1H3,(H,27,29)/t24-/m1/s1. The number of halogens is 1. The van der Waals surface area contributed by atoms with Crippen molar-refractivity contribution in [2.75, 3.05) is 7.11 Å². The van der Waals surface area contributed by atoms with Gasteiger partial charge in [-0.2, -0.15) is 0 Å². The summed E-state index contributed by atoms with van der Waals surface area (Å²) in [6.45, 7) is 0. The lowest BCUT2D eigenvalue weighted by atomic mass is 9.92. The third-order valence-electron chi connectivity index (χ3n) is 5.07. The molecule has 0 radical (unpaired) electrons. The van der Waals surface area contributed by atoms with E-state index in [1.54, 1.807) is 49.6 Å². The fourth-order valence-corrected chi connectivity index (χ4v) is 3.65. The molecular weight excluding hydrogens is 398 g/mol. The summed E-state index contributed by atoms with van der Waals surface area (Å²) in [4.78, 5) is 13.1. The number of phenols is 1. The van der Waals surface area contributed by atoms with Crippen LogP contribution in [-0.2, 0) is 0 Å². The van der Waals surface area contributed by atoms with E-state index in [2.05, 4.69) is 5.32 Å². The van der Waals surface area contributed by atoms with Crippen LogP contribution in [-0.4, -0.2) is 18.1 Å². The van der Waals surface area contributed by atoms with Gasteiger partial charge in [0, 0.05) is 16.1 Å². The largest absolute Gasteiger partial charge is 0.508 e. The van der Waals surface area contributed by atoms with Crippen LogP contribution >= 0.6 is 11.6 Å². The van der Waals surface area contributed by atoms with Gasteiger partial charge in [0.2, 0.25) is 0 Å². The number of carbonyl (C=O) groups is 1. The molecule has 0 fully saturated rings. The van der Waals surface area contributed by atoms with Crippen molar-refractivity contribution in [2.45, 2.75) is 6.04 Å². The fourth-order valence-electron chi connectivity index (χ4n) is 3.52. The SMILES string of the molecule is COc1ccc(C(=O)N[C@H](c2ccc(Cl)cc2)c2c(O)ccc3ccccc23)cc1. The van der Waals surface area contributed by atoms with E-state index in [-0.39, 0.29) is 11.7 Å². The minimum atomic E-state index is -0.567. The average Bonchev–Trinajstić information content (AvgIpc) is 2.78. The van der Waals surface area contributed by atoms with E-state index in [4.69, 9.17) is 16.3 Å². The summed E-state index contributed by atoms with van der Waals surface area (Å²) in [6, 6.07) is 24.8. The smallest absolute Gasteiger partial charge is 0.252 e. The van der Waals surface area contributed by atoms with Crippen LogP contribution in [0.3, 0.4) is 0 Å². The molecule has 0 saturated carbocycles. The van der Waals surface area contributed by atoms with Crippen molar-refractivity contribution in [1.82, 2.24) is 5.32 Å². The zero-order chi connectivity index (χ0) is 21.1. The van der Waals surface area contributed by atoms with Gasteiger partial charge in [0.25, 0.3) is 5.91 Å². The molecule has 0 aliphatic heterocycles. The van der Waals surface area contributed by atoms with Crippen molar-refractivity contribution in [2.24, 2.45) is 0 Å². The van der Waals surface area contributed by atoms with Crippen molar-refractivity contribution in [3.05, 3.63) is 107 Å². The molecule has 0 aliphatic rings. The molecule has 0 unspecified atom stereocenters. The Morgan fingerprint density at radius 2 is 1.63 bits per heavy atom. The topological polar surface area (TPSA) is 58.6 Å². The van der Waals surface area contributed by atoms with E-state index in [1.165, 1.54) is 0 Å². The molecule has 150 valence electrons. The Morgan fingerprint density at radius 1 is 0.933 bits per heavy atom. The summed E-state index contributed by atoms with van der Waals surface area (Å²) in [5.74, 6) is 0.529. The molecule has 4 rings (SSSR count). The number of carbonyl (C=O) groups excluding carboxylic acids is 1. The predicted octanol–water partition coefficient (Wildman–Crippen LogP) is 5.73. The molecule has 1 atom stereocenters. The van der Waals surface area contributed by atoms with E-state index in [0.29, 0.717) is 21.9 Å². The number of hydrogen-bond acceptors (Lipinski definition) is 3. The lowest BCUT2D eigenvalue weighted by Gasteiger charge is -2.23. The normalized spacial score (nSPS) is 11.8. The fraction of sp³-hybridized carbons (Fsp3) is 0.0800. The highest BCUT2D eigenvalue weighted by atomic mass is 35.5. The summed E-state index contributed by atoms with van der Waals surface area (Å²) in [5.41, 5.74) is 1.94. The maximum absolute atomic E-state index is 13.1. The minimum absolute atomic E-state index is 0.115. The highest BCUT2D eigenvalue weighted by Gasteiger charge is 2.23. The van der Waals surface area contributed by atoms with Crippen LogP contribution in [0.25, 0.3) is 10.8 Å². The molecule has 4 nitrogen and oxygen atoms in total. The highest BCUT2D eigenvalue weighted by molar-refractivity contribution is 6.30. The monoisotopic (exact) mass is 417 g/mol. The van der Waals surface area contributed by atoms with Gasteiger partial charge in [-0.25, -0.2) is 0 Å². The van der Waals surface area contributed by atoms with Crippen molar-refractivity contribution in [3.8, 4) is 11.5 Å². The van der Waals surface area contributed by atoms with Gasteiger partial charge >= 0.3 is 0 Å². The number of nitrogens with one attached hydrogen (secondary N) is 1. The Balaban J connectivity index is 1.80. The Morgan fingerprint density at radius 3 is 2.33 bits per heavy atom. The molecular formula is C25H20ClNO3. The van der Waals surface area contributed by atoms with E-state index in [1.807, 2.05) is 42.5 Å². The summed E-state index contributed by atoms with van der Waals surface area (Å²) in [6.07, 6.45) is 0.